The molecule has 0 spiro atoms. The van der Waals surface area contributed by atoms with Crippen LogP contribution in [0.1, 0.15) is 13.8 Å². The molecule has 0 aliphatic rings. The van der Waals surface area contributed by atoms with Crippen LogP contribution in [-0.2, 0) is 0 Å². The molecular weight excluding hydrogens is 183 g/mol. The molecule has 0 saturated heterocycles. The zero-order valence-corrected chi connectivity index (χ0v) is 8.21. The van der Waals surface area contributed by atoms with E-state index in [2.05, 4.69) is 6.58 Å². The summed E-state index contributed by atoms with van der Waals surface area (Å²) in [5.41, 5.74) is 6.10. The van der Waals surface area contributed by atoms with Crippen LogP contribution in [0.25, 0.3) is 0 Å². The molecule has 2 N–H and O–H groups in total. The normalized spacial score (nSPS) is 12.4. The van der Waals surface area contributed by atoms with Gasteiger partial charge in [-0.05, 0) is 13.8 Å². The molecule has 0 amide bonds. The van der Waals surface area contributed by atoms with E-state index in [-0.39, 0.29) is 5.16 Å². The maximum absolute atomic E-state index is 5.76. The quantitative estimate of drug-likeness (QED) is 0.700. The molecule has 0 aromatic rings. The van der Waals surface area contributed by atoms with Gasteiger partial charge in [-0.15, -0.1) is 0 Å². The van der Waals surface area contributed by atoms with Crippen molar-refractivity contribution in [2.75, 3.05) is 6.54 Å². The van der Waals surface area contributed by atoms with Gasteiger partial charge in [0.25, 0.3) is 0 Å². The number of hydrogen-bond acceptors (Lipinski definition) is 2. The Morgan fingerprint density at radius 3 is 2.09 bits per heavy atom. The lowest BCUT2D eigenvalue weighted by Gasteiger charge is -2.21. The van der Waals surface area contributed by atoms with Gasteiger partial charge in [-0.1, -0.05) is 29.8 Å². The lowest BCUT2D eigenvalue weighted by Crippen LogP contribution is -2.19. The SMILES string of the molecule is C=C(C)N(CC)/C(Cl)=C(\N)Cl. The fourth-order valence-electron chi connectivity index (χ4n) is 0.705. The molecule has 64 valence electrons. The molecule has 0 bridgehead atoms. The van der Waals surface area contributed by atoms with Gasteiger partial charge in [0.2, 0.25) is 0 Å². The van der Waals surface area contributed by atoms with Crippen LogP contribution in [0.2, 0.25) is 0 Å². The van der Waals surface area contributed by atoms with Crippen LogP contribution in [-0.4, -0.2) is 11.4 Å². The van der Waals surface area contributed by atoms with Crippen molar-refractivity contribution in [2.24, 2.45) is 5.73 Å². The molecule has 0 rings (SSSR count). The van der Waals surface area contributed by atoms with Gasteiger partial charge in [-0.2, -0.15) is 0 Å². The van der Waals surface area contributed by atoms with E-state index in [9.17, 15) is 0 Å². The Balaban J connectivity index is 4.52. The predicted molar refractivity (Wildman–Crippen MR) is 50.1 cm³/mol. The highest BCUT2D eigenvalue weighted by molar-refractivity contribution is 6.38. The molecule has 0 fully saturated rings. The average molecular weight is 195 g/mol. The summed E-state index contributed by atoms with van der Waals surface area (Å²) in [4.78, 5) is 1.73. The first-order valence-corrected chi connectivity index (χ1v) is 4.00. The Labute approximate surface area is 77.3 Å². The van der Waals surface area contributed by atoms with Crippen molar-refractivity contribution in [1.29, 1.82) is 0 Å². The lowest BCUT2D eigenvalue weighted by molar-refractivity contribution is 0.478. The van der Waals surface area contributed by atoms with Crippen LogP contribution in [0.5, 0.6) is 0 Å². The Kier molecular flexibility index (Phi) is 4.38. The fraction of sp³-hybridized carbons (Fsp3) is 0.429. The van der Waals surface area contributed by atoms with E-state index in [1.165, 1.54) is 0 Å². The Bertz CT molecular complexity index is 183. The molecule has 0 aliphatic carbocycles. The number of allylic oxidation sites excluding steroid dienone is 1. The van der Waals surface area contributed by atoms with Gasteiger partial charge in [-0.25, -0.2) is 0 Å². The molecule has 0 radical (unpaired) electrons. The summed E-state index contributed by atoms with van der Waals surface area (Å²) in [5.74, 6) is 0. The Morgan fingerprint density at radius 2 is 2.00 bits per heavy atom. The maximum Gasteiger partial charge on any atom is 0.144 e. The van der Waals surface area contributed by atoms with Gasteiger partial charge in [0.1, 0.15) is 10.3 Å². The number of nitrogens with two attached hydrogens (primary N) is 1. The largest absolute Gasteiger partial charge is 0.387 e. The van der Waals surface area contributed by atoms with Crippen LogP contribution in [0.3, 0.4) is 0 Å². The first-order valence-electron chi connectivity index (χ1n) is 3.24. The predicted octanol–water partition coefficient (Wildman–Crippen LogP) is 2.40. The van der Waals surface area contributed by atoms with Crippen LogP contribution in [0, 0.1) is 0 Å². The van der Waals surface area contributed by atoms with Crippen LogP contribution >= 0.6 is 23.2 Å². The molecule has 4 heteroatoms. The topological polar surface area (TPSA) is 29.3 Å². The van der Waals surface area contributed by atoms with Crippen molar-refractivity contribution >= 4 is 23.2 Å². The van der Waals surface area contributed by atoms with Crippen molar-refractivity contribution in [3.05, 3.63) is 22.6 Å². The van der Waals surface area contributed by atoms with Gasteiger partial charge >= 0.3 is 0 Å². The highest BCUT2D eigenvalue weighted by Gasteiger charge is 2.07. The van der Waals surface area contributed by atoms with E-state index < -0.39 is 0 Å². The van der Waals surface area contributed by atoms with Crippen LogP contribution in [0.4, 0.5) is 0 Å². The van der Waals surface area contributed by atoms with Crippen molar-refractivity contribution in [1.82, 2.24) is 4.90 Å². The van der Waals surface area contributed by atoms with Crippen molar-refractivity contribution in [2.45, 2.75) is 13.8 Å². The first kappa shape index (κ1) is 10.7. The molecular formula is C7H12Cl2N2. The van der Waals surface area contributed by atoms with Gasteiger partial charge in [-0.3, -0.25) is 0 Å². The summed E-state index contributed by atoms with van der Waals surface area (Å²) in [5, 5.41) is 0.429. The molecule has 0 heterocycles. The van der Waals surface area contributed by atoms with E-state index in [0.717, 1.165) is 5.70 Å². The minimum Gasteiger partial charge on any atom is -0.387 e. The molecule has 0 saturated carbocycles. The molecule has 2 nitrogen and oxygen atoms in total. The van der Waals surface area contributed by atoms with Gasteiger partial charge in [0.05, 0.1) is 0 Å². The molecule has 0 atom stereocenters. The third-order valence-electron chi connectivity index (χ3n) is 1.21. The molecule has 0 unspecified atom stereocenters. The second kappa shape index (κ2) is 4.52. The summed E-state index contributed by atoms with van der Waals surface area (Å²) in [6.07, 6.45) is 0. The first-order chi connectivity index (χ1) is 5.00. The van der Waals surface area contributed by atoms with E-state index in [1.807, 2.05) is 13.8 Å². The van der Waals surface area contributed by atoms with Gasteiger partial charge in [0, 0.05) is 12.2 Å². The lowest BCUT2D eigenvalue weighted by atomic mass is 10.4. The summed E-state index contributed by atoms with van der Waals surface area (Å²) in [6.45, 7) is 8.21. The number of hydrogen-bond donors (Lipinski definition) is 1. The smallest absolute Gasteiger partial charge is 0.144 e. The average Bonchev–Trinajstić information content (AvgIpc) is 1.88. The van der Waals surface area contributed by atoms with Crippen molar-refractivity contribution in [3.8, 4) is 0 Å². The van der Waals surface area contributed by atoms with E-state index in [0.29, 0.717) is 11.7 Å². The van der Waals surface area contributed by atoms with E-state index in [4.69, 9.17) is 28.9 Å². The minimum atomic E-state index is 0.0940. The molecule has 11 heavy (non-hydrogen) atoms. The van der Waals surface area contributed by atoms with E-state index >= 15 is 0 Å². The van der Waals surface area contributed by atoms with Crippen molar-refractivity contribution in [3.63, 3.8) is 0 Å². The second-order valence-electron chi connectivity index (χ2n) is 2.12. The maximum atomic E-state index is 5.76. The summed E-state index contributed by atoms with van der Waals surface area (Å²) >= 11 is 11.3. The molecule has 0 aromatic carbocycles. The highest BCUT2D eigenvalue weighted by atomic mass is 35.5. The standard InChI is InChI=1S/C7H12Cl2N2/c1-4-11(5(2)3)7(9)6(8)10/h2,4,10H2,1,3H3/b7-6-. The Hall–Kier alpha value is -0.340. The van der Waals surface area contributed by atoms with Crippen LogP contribution < -0.4 is 5.73 Å². The molecule has 0 aromatic heterocycles. The van der Waals surface area contributed by atoms with Crippen LogP contribution in [0.15, 0.2) is 22.6 Å². The Morgan fingerprint density at radius 1 is 1.55 bits per heavy atom. The third-order valence-corrected chi connectivity index (χ3v) is 1.89. The van der Waals surface area contributed by atoms with Gasteiger partial charge < -0.3 is 10.6 Å². The zero-order chi connectivity index (χ0) is 9.02. The zero-order valence-electron chi connectivity index (χ0n) is 6.69. The fourth-order valence-corrected chi connectivity index (χ4v) is 1.07. The monoisotopic (exact) mass is 194 g/mol. The number of rotatable bonds is 3. The highest BCUT2D eigenvalue weighted by Crippen LogP contribution is 2.18. The summed E-state index contributed by atoms with van der Waals surface area (Å²) in [7, 11) is 0. The van der Waals surface area contributed by atoms with Gasteiger partial charge in [0.15, 0.2) is 0 Å². The second-order valence-corrected chi connectivity index (χ2v) is 2.88. The number of halogens is 2. The third kappa shape index (κ3) is 3.04. The minimum absolute atomic E-state index is 0.0940. The summed E-state index contributed by atoms with van der Waals surface area (Å²) < 4.78 is 0. The number of nitrogens with zero attached hydrogens (tertiary/aromatic N) is 1. The molecule has 0 aliphatic heterocycles. The summed E-state index contributed by atoms with van der Waals surface area (Å²) in [6, 6.07) is 0. The van der Waals surface area contributed by atoms with Crippen molar-refractivity contribution < 1.29 is 0 Å². The van der Waals surface area contributed by atoms with E-state index in [1.54, 1.807) is 4.90 Å².